The molecule has 0 unspecified atom stereocenters. The molecule has 0 saturated heterocycles. The minimum atomic E-state index is -4.39. The number of halogens is 3. The Kier molecular flexibility index (Phi) is 6.23. The molecule has 9 nitrogen and oxygen atoms in total. The molecule has 0 fully saturated rings. The number of pyridine rings is 1. The van der Waals surface area contributed by atoms with Crippen LogP contribution in [0.3, 0.4) is 0 Å². The summed E-state index contributed by atoms with van der Waals surface area (Å²) in [6.45, 7) is 5.01. The first kappa shape index (κ1) is 25.1. The lowest BCUT2D eigenvalue weighted by atomic mass is 10.2. The van der Waals surface area contributed by atoms with Gasteiger partial charge < -0.3 is 5.32 Å². The Morgan fingerprint density at radius 1 is 0.895 bits per heavy atom. The fourth-order valence-electron chi connectivity index (χ4n) is 3.83. The quantitative estimate of drug-likeness (QED) is 0.309. The highest BCUT2D eigenvalue weighted by Crippen LogP contribution is 2.32. The second kappa shape index (κ2) is 9.41. The molecule has 2 aromatic carbocycles. The number of aryl methyl sites for hydroxylation is 1. The summed E-state index contributed by atoms with van der Waals surface area (Å²) in [6, 6.07) is 8.73. The fourth-order valence-corrected chi connectivity index (χ4v) is 5.14. The monoisotopic (exact) mass is 539 g/mol. The number of nitrogens with one attached hydrogen (secondary N) is 2. The molecule has 38 heavy (non-hydrogen) atoms. The van der Waals surface area contributed by atoms with Crippen LogP contribution >= 0.6 is 0 Å². The molecular formula is C25H20F3N7O2S. The summed E-state index contributed by atoms with van der Waals surface area (Å²) < 4.78 is 73.7. The van der Waals surface area contributed by atoms with Crippen LogP contribution in [0, 0.1) is 38.2 Å². The number of rotatable bonds is 6. The highest BCUT2D eigenvalue weighted by molar-refractivity contribution is 7.92. The predicted octanol–water partition coefficient (Wildman–Crippen LogP) is 5.10. The third-order valence-corrected chi connectivity index (χ3v) is 7.56. The number of imidazole rings is 1. The van der Waals surface area contributed by atoms with E-state index in [1.54, 1.807) is 23.0 Å². The number of benzene rings is 2. The summed E-state index contributed by atoms with van der Waals surface area (Å²) in [4.78, 5) is 16.7. The Morgan fingerprint density at radius 2 is 1.68 bits per heavy atom. The van der Waals surface area contributed by atoms with E-state index in [4.69, 9.17) is 0 Å². The van der Waals surface area contributed by atoms with E-state index in [9.17, 15) is 17.2 Å². The maximum atomic E-state index is 15.5. The van der Waals surface area contributed by atoms with Crippen molar-refractivity contribution in [3.05, 3.63) is 89.5 Å². The van der Waals surface area contributed by atoms with E-state index in [0.29, 0.717) is 11.3 Å². The van der Waals surface area contributed by atoms with Crippen LogP contribution in [-0.2, 0) is 10.0 Å². The number of fused-ring (bicyclic) bond motifs is 1. The van der Waals surface area contributed by atoms with Crippen molar-refractivity contribution >= 4 is 38.2 Å². The molecule has 0 atom stereocenters. The first-order valence-corrected chi connectivity index (χ1v) is 12.7. The average molecular weight is 540 g/mol. The van der Waals surface area contributed by atoms with Crippen LogP contribution in [0.25, 0.3) is 16.9 Å². The molecule has 0 saturated carbocycles. The second-order valence-electron chi connectivity index (χ2n) is 8.42. The van der Waals surface area contributed by atoms with E-state index in [1.165, 1.54) is 25.4 Å². The van der Waals surface area contributed by atoms with Crippen molar-refractivity contribution in [3.63, 3.8) is 0 Å². The van der Waals surface area contributed by atoms with Gasteiger partial charge in [-0.25, -0.2) is 41.5 Å². The van der Waals surface area contributed by atoms with Crippen molar-refractivity contribution in [2.45, 2.75) is 25.7 Å². The SMILES string of the molecule is Cc1ncn(-c2ccc3ncnc(Nc4c(F)ccc(NS(=O)(=O)c5cccc(F)c5C)c4F)c3n2)c1C. The minimum Gasteiger partial charge on any atom is -0.333 e. The van der Waals surface area contributed by atoms with Gasteiger partial charge in [-0.1, -0.05) is 6.07 Å². The Balaban J connectivity index is 1.54. The summed E-state index contributed by atoms with van der Waals surface area (Å²) in [5, 5.41) is 2.59. The van der Waals surface area contributed by atoms with E-state index < -0.39 is 38.8 Å². The maximum absolute atomic E-state index is 15.5. The second-order valence-corrected chi connectivity index (χ2v) is 10.1. The van der Waals surface area contributed by atoms with Gasteiger partial charge in [-0.2, -0.15) is 0 Å². The van der Waals surface area contributed by atoms with Crippen LogP contribution in [0.2, 0.25) is 0 Å². The van der Waals surface area contributed by atoms with Gasteiger partial charge in [-0.05, 0) is 57.2 Å². The summed E-state index contributed by atoms with van der Waals surface area (Å²) in [5.41, 5.74) is 0.937. The molecule has 0 radical (unpaired) electrons. The first-order chi connectivity index (χ1) is 18.1. The lowest BCUT2D eigenvalue weighted by Crippen LogP contribution is -2.16. The van der Waals surface area contributed by atoms with Crippen molar-refractivity contribution in [3.8, 4) is 5.82 Å². The van der Waals surface area contributed by atoms with Gasteiger partial charge in [-0.3, -0.25) is 9.29 Å². The molecule has 194 valence electrons. The normalized spacial score (nSPS) is 11.6. The Morgan fingerprint density at radius 3 is 2.42 bits per heavy atom. The van der Waals surface area contributed by atoms with E-state index >= 15 is 4.39 Å². The van der Waals surface area contributed by atoms with Gasteiger partial charge in [-0.15, -0.1) is 0 Å². The molecule has 3 heterocycles. The molecule has 0 amide bonds. The highest BCUT2D eigenvalue weighted by Gasteiger charge is 2.23. The standard InChI is InChI=1S/C25H20F3N7O2S/c1-13-16(26)5-4-6-20(13)38(36,37)34-18-8-7-17(27)23(22(18)28)33-25-24-19(29-11-30-25)9-10-21(32-24)35-12-31-14(2)15(35)3/h4-12,34H,1-3H3,(H,29,30,33). The Labute approximate surface area is 215 Å². The third-order valence-electron chi connectivity index (χ3n) is 6.05. The molecule has 5 rings (SSSR count). The number of sulfonamides is 1. The van der Waals surface area contributed by atoms with Crippen molar-refractivity contribution in [1.29, 1.82) is 0 Å². The van der Waals surface area contributed by atoms with Crippen LogP contribution in [-0.4, -0.2) is 32.9 Å². The largest absolute Gasteiger partial charge is 0.333 e. The van der Waals surface area contributed by atoms with Crippen LogP contribution in [0.15, 0.2) is 60.0 Å². The van der Waals surface area contributed by atoms with Crippen molar-refractivity contribution < 1.29 is 21.6 Å². The van der Waals surface area contributed by atoms with Gasteiger partial charge in [0.05, 0.1) is 21.8 Å². The van der Waals surface area contributed by atoms with E-state index in [2.05, 4.69) is 30.0 Å². The molecule has 0 aliphatic rings. The van der Waals surface area contributed by atoms with Gasteiger partial charge >= 0.3 is 0 Å². The molecule has 5 aromatic rings. The molecule has 0 spiro atoms. The smallest absolute Gasteiger partial charge is 0.262 e. The molecule has 13 heteroatoms. The van der Waals surface area contributed by atoms with Gasteiger partial charge in [0.2, 0.25) is 0 Å². The fraction of sp³-hybridized carbons (Fsp3) is 0.120. The number of aromatic nitrogens is 5. The van der Waals surface area contributed by atoms with Crippen molar-refractivity contribution in [2.75, 3.05) is 10.0 Å². The lowest BCUT2D eigenvalue weighted by Gasteiger charge is -2.15. The topological polar surface area (TPSA) is 115 Å². The van der Waals surface area contributed by atoms with Crippen LogP contribution < -0.4 is 10.0 Å². The van der Waals surface area contributed by atoms with Gasteiger partial charge in [0.25, 0.3) is 10.0 Å². The minimum absolute atomic E-state index is 0.00915. The summed E-state index contributed by atoms with van der Waals surface area (Å²) >= 11 is 0. The maximum Gasteiger partial charge on any atom is 0.262 e. The average Bonchev–Trinajstić information content (AvgIpc) is 3.22. The number of anilines is 3. The molecular weight excluding hydrogens is 519 g/mol. The lowest BCUT2D eigenvalue weighted by molar-refractivity contribution is 0.585. The van der Waals surface area contributed by atoms with Gasteiger partial charge in [0.15, 0.2) is 11.6 Å². The van der Waals surface area contributed by atoms with Crippen LogP contribution in [0.4, 0.5) is 30.4 Å². The van der Waals surface area contributed by atoms with Crippen LogP contribution in [0.1, 0.15) is 17.0 Å². The summed E-state index contributed by atoms with van der Waals surface area (Å²) in [5.74, 6) is -2.49. The molecule has 0 bridgehead atoms. The number of nitrogens with zero attached hydrogens (tertiary/aromatic N) is 5. The third kappa shape index (κ3) is 4.41. The zero-order valence-corrected chi connectivity index (χ0v) is 21.1. The zero-order valence-electron chi connectivity index (χ0n) is 20.3. The molecule has 3 aromatic heterocycles. The molecule has 2 N–H and O–H groups in total. The summed E-state index contributed by atoms with van der Waals surface area (Å²) in [7, 11) is -4.39. The first-order valence-electron chi connectivity index (χ1n) is 11.2. The number of hydrogen-bond donors (Lipinski definition) is 2. The van der Waals surface area contributed by atoms with E-state index in [0.717, 1.165) is 29.6 Å². The van der Waals surface area contributed by atoms with Gasteiger partial charge in [0.1, 0.15) is 41.3 Å². The highest BCUT2D eigenvalue weighted by atomic mass is 32.2. The Hall–Kier alpha value is -4.52. The Bertz CT molecular complexity index is 1820. The van der Waals surface area contributed by atoms with Crippen molar-refractivity contribution in [1.82, 2.24) is 24.5 Å². The summed E-state index contributed by atoms with van der Waals surface area (Å²) in [6.07, 6.45) is 2.80. The molecule has 0 aliphatic heterocycles. The van der Waals surface area contributed by atoms with Crippen molar-refractivity contribution in [2.24, 2.45) is 0 Å². The van der Waals surface area contributed by atoms with E-state index in [-0.39, 0.29) is 21.8 Å². The molecule has 0 aliphatic carbocycles. The zero-order chi connectivity index (χ0) is 27.2. The van der Waals surface area contributed by atoms with Gasteiger partial charge in [0, 0.05) is 11.3 Å². The van der Waals surface area contributed by atoms with Crippen LogP contribution in [0.5, 0.6) is 0 Å². The predicted molar refractivity (Wildman–Crippen MR) is 136 cm³/mol. The van der Waals surface area contributed by atoms with E-state index in [1.807, 2.05) is 13.8 Å². The number of hydrogen-bond acceptors (Lipinski definition) is 7.